The van der Waals surface area contributed by atoms with Crippen LogP contribution in [0, 0.1) is 0 Å². The summed E-state index contributed by atoms with van der Waals surface area (Å²) in [4.78, 5) is 22.7. The summed E-state index contributed by atoms with van der Waals surface area (Å²) >= 11 is 12.9. The smallest absolute Gasteiger partial charge is 0.253 e. The van der Waals surface area contributed by atoms with Gasteiger partial charge in [0.25, 0.3) is 5.91 Å². The number of benzene rings is 2. The van der Waals surface area contributed by atoms with E-state index in [2.05, 4.69) is 14.8 Å². The third-order valence-electron chi connectivity index (χ3n) is 6.83. The summed E-state index contributed by atoms with van der Waals surface area (Å²) in [5, 5.41) is 30.4. The van der Waals surface area contributed by atoms with Gasteiger partial charge >= 0.3 is 0 Å². The Labute approximate surface area is 232 Å². The number of anilines is 1. The van der Waals surface area contributed by atoms with Crippen molar-refractivity contribution in [3.05, 3.63) is 93.2 Å². The average molecular weight is 559 g/mol. The fraction of sp³-hybridized carbons (Fsp3) is 0.357. The SMILES string of the molecule is CN(CCO)C(=O)c1ccc(N2CCN(CC(O)c3ccc(CO)nc3)C[C@H]2c2ccc(Cl)cc2)c(Cl)c1. The number of β-amino-alcohol motifs (C(OH)–C–C–N with tert-alkyl or cyclic N) is 1. The molecule has 202 valence electrons. The van der Waals surface area contributed by atoms with Crippen molar-refractivity contribution >= 4 is 34.8 Å². The van der Waals surface area contributed by atoms with Gasteiger partial charge in [0.05, 0.1) is 41.8 Å². The fourth-order valence-corrected chi connectivity index (χ4v) is 5.10. The number of likely N-dealkylation sites (N-methyl/N-ethyl adjacent to an activating group) is 1. The second-order valence-corrected chi connectivity index (χ2v) is 10.2. The lowest BCUT2D eigenvalue weighted by molar-refractivity contribution is 0.0767. The molecule has 1 fully saturated rings. The van der Waals surface area contributed by atoms with Gasteiger partial charge in [0.2, 0.25) is 0 Å². The summed E-state index contributed by atoms with van der Waals surface area (Å²) in [6, 6.07) is 16.4. The zero-order chi connectivity index (χ0) is 27.2. The molecule has 3 aromatic rings. The quantitative estimate of drug-likeness (QED) is 0.369. The lowest BCUT2D eigenvalue weighted by atomic mass is 10.00. The summed E-state index contributed by atoms with van der Waals surface area (Å²) < 4.78 is 0. The number of hydrogen-bond donors (Lipinski definition) is 3. The number of halogens is 2. The van der Waals surface area contributed by atoms with E-state index in [0.717, 1.165) is 11.3 Å². The molecule has 1 amide bonds. The van der Waals surface area contributed by atoms with Crippen molar-refractivity contribution in [2.45, 2.75) is 18.8 Å². The van der Waals surface area contributed by atoms with Gasteiger partial charge in [0, 0.05) is 62.1 Å². The highest BCUT2D eigenvalue weighted by Crippen LogP contribution is 2.36. The minimum absolute atomic E-state index is 0.0702. The van der Waals surface area contributed by atoms with E-state index in [0.29, 0.717) is 53.0 Å². The number of nitrogens with zero attached hydrogens (tertiary/aromatic N) is 4. The molecular formula is C28H32Cl2N4O4. The number of hydrogen-bond acceptors (Lipinski definition) is 7. The highest BCUT2D eigenvalue weighted by atomic mass is 35.5. The van der Waals surface area contributed by atoms with Crippen molar-refractivity contribution in [1.82, 2.24) is 14.8 Å². The lowest BCUT2D eigenvalue weighted by Gasteiger charge is -2.44. The van der Waals surface area contributed by atoms with E-state index in [9.17, 15) is 15.0 Å². The molecule has 1 aromatic heterocycles. The number of carbonyl (C=O) groups excluding carboxylic acids is 1. The van der Waals surface area contributed by atoms with Crippen LogP contribution >= 0.6 is 23.2 Å². The van der Waals surface area contributed by atoms with Crippen LogP contribution in [-0.4, -0.2) is 82.4 Å². The Morgan fingerprint density at radius 1 is 1.11 bits per heavy atom. The molecule has 2 atom stereocenters. The Hall–Kier alpha value is -2.72. The molecule has 1 aliphatic rings. The van der Waals surface area contributed by atoms with E-state index in [1.807, 2.05) is 30.3 Å². The van der Waals surface area contributed by atoms with E-state index in [-0.39, 0.29) is 31.7 Å². The van der Waals surface area contributed by atoms with Crippen molar-refractivity contribution < 1.29 is 20.1 Å². The standard InChI is InChI=1S/C28H32Cl2N4O4/c1-32(12-13-35)28(38)20-5-9-25(24(30)14-20)34-11-10-33(16-26(34)19-2-6-22(29)7-3-19)17-27(37)21-4-8-23(18-36)31-15-21/h2-9,14-15,26-27,35-37H,10-13,16-18H2,1H3/t26-,27?/m0/s1. The van der Waals surface area contributed by atoms with Gasteiger partial charge in [0.15, 0.2) is 0 Å². The Bertz CT molecular complexity index is 1230. The largest absolute Gasteiger partial charge is 0.395 e. The molecule has 2 aromatic carbocycles. The Balaban J connectivity index is 1.56. The molecule has 0 radical (unpaired) electrons. The molecule has 3 N–H and O–H groups in total. The number of piperazine rings is 1. The number of rotatable bonds is 9. The summed E-state index contributed by atoms with van der Waals surface area (Å²) in [7, 11) is 1.64. The minimum atomic E-state index is -0.725. The molecular weight excluding hydrogens is 527 g/mol. The van der Waals surface area contributed by atoms with Crippen LogP contribution in [0.4, 0.5) is 5.69 Å². The van der Waals surface area contributed by atoms with Gasteiger partial charge in [-0.15, -0.1) is 0 Å². The van der Waals surface area contributed by atoms with Gasteiger partial charge in [-0.25, -0.2) is 0 Å². The monoisotopic (exact) mass is 558 g/mol. The van der Waals surface area contributed by atoms with Crippen LogP contribution in [0.25, 0.3) is 0 Å². The number of pyridine rings is 1. The van der Waals surface area contributed by atoms with E-state index in [1.54, 1.807) is 37.5 Å². The van der Waals surface area contributed by atoms with Gasteiger partial charge in [-0.05, 0) is 42.0 Å². The zero-order valence-corrected chi connectivity index (χ0v) is 22.7. The van der Waals surface area contributed by atoms with Gasteiger partial charge in [-0.1, -0.05) is 41.4 Å². The van der Waals surface area contributed by atoms with Crippen LogP contribution in [0.1, 0.15) is 39.3 Å². The Morgan fingerprint density at radius 3 is 2.50 bits per heavy atom. The molecule has 10 heteroatoms. The van der Waals surface area contributed by atoms with E-state index in [1.165, 1.54) is 4.90 Å². The van der Waals surface area contributed by atoms with E-state index in [4.69, 9.17) is 28.3 Å². The molecule has 4 rings (SSSR count). The highest BCUT2D eigenvalue weighted by molar-refractivity contribution is 6.33. The van der Waals surface area contributed by atoms with Crippen LogP contribution in [0.3, 0.4) is 0 Å². The van der Waals surface area contributed by atoms with Gasteiger partial charge in [0.1, 0.15) is 0 Å². The average Bonchev–Trinajstić information content (AvgIpc) is 2.93. The van der Waals surface area contributed by atoms with Crippen LogP contribution in [-0.2, 0) is 6.61 Å². The highest BCUT2D eigenvalue weighted by Gasteiger charge is 2.31. The van der Waals surface area contributed by atoms with Crippen LogP contribution < -0.4 is 4.90 Å². The maximum Gasteiger partial charge on any atom is 0.253 e. The fourth-order valence-electron chi connectivity index (χ4n) is 4.69. The second kappa shape index (κ2) is 12.9. The third kappa shape index (κ3) is 6.64. The van der Waals surface area contributed by atoms with E-state index >= 15 is 0 Å². The van der Waals surface area contributed by atoms with Crippen molar-refractivity contribution in [1.29, 1.82) is 0 Å². The second-order valence-electron chi connectivity index (χ2n) is 9.39. The van der Waals surface area contributed by atoms with Crippen molar-refractivity contribution in [3.8, 4) is 0 Å². The molecule has 0 spiro atoms. The third-order valence-corrected chi connectivity index (χ3v) is 7.39. The van der Waals surface area contributed by atoms with E-state index < -0.39 is 6.10 Å². The summed E-state index contributed by atoms with van der Waals surface area (Å²) in [6.07, 6.45) is 0.876. The molecule has 8 nitrogen and oxygen atoms in total. The zero-order valence-electron chi connectivity index (χ0n) is 21.2. The molecule has 0 aliphatic carbocycles. The topological polar surface area (TPSA) is 100 Å². The Morgan fingerprint density at radius 2 is 1.87 bits per heavy atom. The molecule has 2 heterocycles. The first-order chi connectivity index (χ1) is 18.3. The van der Waals surface area contributed by atoms with Crippen molar-refractivity contribution in [2.24, 2.45) is 0 Å². The van der Waals surface area contributed by atoms with Crippen LogP contribution in [0.2, 0.25) is 10.0 Å². The van der Waals surface area contributed by atoms with Gasteiger partial charge in [-0.2, -0.15) is 0 Å². The maximum atomic E-state index is 12.7. The molecule has 1 saturated heterocycles. The number of aliphatic hydroxyl groups is 3. The van der Waals surface area contributed by atoms with Crippen LogP contribution in [0.15, 0.2) is 60.8 Å². The predicted molar refractivity (Wildman–Crippen MR) is 149 cm³/mol. The van der Waals surface area contributed by atoms with Crippen molar-refractivity contribution in [2.75, 3.05) is 51.3 Å². The maximum absolute atomic E-state index is 12.7. The predicted octanol–water partition coefficient (Wildman–Crippen LogP) is 3.54. The molecule has 0 saturated carbocycles. The minimum Gasteiger partial charge on any atom is -0.395 e. The number of carbonyl (C=O) groups is 1. The summed E-state index contributed by atoms with van der Waals surface area (Å²) in [6.45, 7) is 2.40. The molecule has 1 aliphatic heterocycles. The Kier molecular flexibility index (Phi) is 9.59. The number of aliphatic hydroxyl groups excluding tert-OH is 3. The summed E-state index contributed by atoms with van der Waals surface area (Å²) in [5.74, 6) is -0.206. The van der Waals surface area contributed by atoms with Crippen LogP contribution in [0.5, 0.6) is 0 Å². The molecule has 38 heavy (non-hydrogen) atoms. The summed E-state index contributed by atoms with van der Waals surface area (Å²) in [5.41, 5.74) is 3.59. The number of amides is 1. The molecule has 1 unspecified atom stereocenters. The lowest BCUT2D eigenvalue weighted by Crippen LogP contribution is -2.49. The van der Waals surface area contributed by atoms with Gasteiger partial charge < -0.3 is 25.1 Å². The first-order valence-electron chi connectivity index (χ1n) is 12.4. The normalized spacial score (nSPS) is 16.9. The van der Waals surface area contributed by atoms with Crippen molar-refractivity contribution in [3.63, 3.8) is 0 Å². The number of aromatic nitrogens is 1. The first kappa shape index (κ1) is 28.3. The first-order valence-corrected chi connectivity index (χ1v) is 13.2. The molecule has 0 bridgehead atoms. The van der Waals surface area contributed by atoms with Gasteiger partial charge in [-0.3, -0.25) is 14.7 Å².